The van der Waals surface area contributed by atoms with E-state index in [1.807, 2.05) is 42.3 Å². The van der Waals surface area contributed by atoms with Crippen LogP contribution in [0.5, 0.6) is 0 Å². The van der Waals surface area contributed by atoms with E-state index in [2.05, 4.69) is 11.2 Å². The lowest BCUT2D eigenvalue weighted by Crippen LogP contribution is -2.23. The van der Waals surface area contributed by atoms with Crippen molar-refractivity contribution in [2.45, 2.75) is 25.3 Å². The van der Waals surface area contributed by atoms with Gasteiger partial charge in [-0.05, 0) is 42.5 Å². The topological polar surface area (TPSA) is 43.8 Å². The van der Waals surface area contributed by atoms with Crippen molar-refractivity contribution in [3.05, 3.63) is 52.8 Å². The Morgan fingerprint density at radius 2 is 2.22 bits per heavy atom. The van der Waals surface area contributed by atoms with Crippen LogP contribution in [0.4, 0.5) is 0 Å². The standard InChI is InChI=1S/C14H18ClN3/c1-18-10-12(9-17-18)5-6-14(16)8-11-3-2-4-13(15)7-11/h2-4,7,9-10,14H,5-6,8,16H2,1H3. The SMILES string of the molecule is Cn1cc(CCC(N)Cc2cccc(Cl)c2)cn1. The summed E-state index contributed by atoms with van der Waals surface area (Å²) < 4.78 is 1.82. The van der Waals surface area contributed by atoms with Gasteiger partial charge in [0, 0.05) is 24.3 Å². The molecule has 1 aromatic heterocycles. The van der Waals surface area contributed by atoms with Gasteiger partial charge in [-0.2, -0.15) is 5.10 Å². The first-order valence-corrected chi connectivity index (χ1v) is 6.49. The van der Waals surface area contributed by atoms with Crippen LogP contribution < -0.4 is 5.73 Å². The first-order valence-electron chi connectivity index (χ1n) is 6.11. The second-order valence-corrected chi connectivity index (χ2v) is 5.09. The van der Waals surface area contributed by atoms with E-state index in [1.165, 1.54) is 11.1 Å². The van der Waals surface area contributed by atoms with Crippen LogP contribution >= 0.6 is 11.6 Å². The molecule has 0 amide bonds. The Balaban J connectivity index is 1.83. The summed E-state index contributed by atoms with van der Waals surface area (Å²) in [5.41, 5.74) is 8.57. The third-order valence-corrected chi connectivity index (χ3v) is 3.18. The van der Waals surface area contributed by atoms with Gasteiger partial charge in [0.15, 0.2) is 0 Å². The third-order valence-electron chi connectivity index (χ3n) is 2.95. The first kappa shape index (κ1) is 13.1. The summed E-state index contributed by atoms with van der Waals surface area (Å²) in [5.74, 6) is 0. The summed E-state index contributed by atoms with van der Waals surface area (Å²) in [7, 11) is 1.93. The van der Waals surface area contributed by atoms with E-state index in [4.69, 9.17) is 17.3 Å². The minimum Gasteiger partial charge on any atom is -0.327 e. The summed E-state index contributed by atoms with van der Waals surface area (Å²) in [4.78, 5) is 0. The first-order chi connectivity index (χ1) is 8.63. The smallest absolute Gasteiger partial charge is 0.0521 e. The Hall–Kier alpha value is -1.32. The molecule has 0 aliphatic rings. The average Bonchev–Trinajstić information content (AvgIpc) is 2.73. The van der Waals surface area contributed by atoms with Crippen LogP contribution in [0.15, 0.2) is 36.7 Å². The van der Waals surface area contributed by atoms with E-state index in [-0.39, 0.29) is 6.04 Å². The third kappa shape index (κ3) is 3.86. The molecule has 0 saturated heterocycles. The Kier molecular flexibility index (Phi) is 4.39. The van der Waals surface area contributed by atoms with E-state index in [9.17, 15) is 0 Å². The van der Waals surface area contributed by atoms with Gasteiger partial charge < -0.3 is 5.73 Å². The molecule has 0 bridgehead atoms. The maximum atomic E-state index is 6.14. The normalized spacial score (nSPS) is 12.6. The molecule has 0 aliphatic carbocycles. The summed E-state index contributed by atoms with van der Waals surface area (Å²) >= 11 is 5.95. The molecule has 0 saturated carbocycles. The van der Waals surface area contributed by atoms with Crippen LogP contribution in [-0.2, 0) is 19.9 Å². The van der Waals surface area contributed by atoms with Gasteiger partial charge in [0.25, 0.3) is 0 Å². The van der Waals surface area contributed by atoms with E-state index in [0.29, 0.717) is 0 Å². The Morgan fingerprint density at radius 3 is 2.89 bits per heavy atom. The van der Waals surface area contributed by atoms with Crippen molar-refractivity contribution < 1.29 is 0 Å². The van der Waals surface area contributed by atoms with Gasteiger partial charge in [-0.1, -0.05) is 23.7 Å². The average molecular weight is 264 g/mol. The number of hydrogen-bond acceptors (Lipinski definition) is 2. The molecule has 1 aromatic carbocycles. The van der Waals surface area contributed by atoms with E-state index in [0.717, 1.165) is 24.3 Å². The van der Waals surface area contributed by atoms with Crippen LogP contribution in [0, 0.1) is 0 Å². The largest absolute Gasteiger partial charge is 0.327 e. The lowest BCUT2D eigenvalue weighted by atomic mass is 10.0. The molecule has 3 nitrogen and oxygen atoms in total. The van der Waals surface area contributed by atoms with Crippen molar-refractivity contribution in [2.75, 3.05) is 0 Å². The van der Waals surface area contributed by atoms with Crippen molar-refractivity contribution in [3.8, 4) is 0 Å². The number of nitrogens with two attached hydrogens (primary N) is 1. The zero-order valence-electron chi connectivity index (χ0n) is 10.5. The molecule has 96 valence electrons. The highest BCUT2D eigenvalue weighted by atomic mass is 35.5. The molecule has 1 unspecified atom stereocenters. The zero-order valence-corrected chi connectivity index (χ0v) is 11.3. The van der Waals surface area contributed by atoms with Gasteiger partial charge in [0.1, 0.15) is 0 Å². The minimum absolute atomic E-state index is 0.156. The molecule has 2 N–H and O–H groups in total. The second kappa shape index (κ2) is 6.03. The molecule has 0 aliphatic heterocycles. The van der Waals surface area contributed by atoms with Gasteiger partial charge in [0.2, 0.25) is 0 Å². The van der Waals surface area contributed by atoms with Gasteiger partial charge in [0.05, 0.1) is 6.20 Å². The second-order valence-electron chi connectivity index (χ2n) is 4.66. The zero-order chi connectivity index (χ0) is 13.0. The quantitative estimate of drug-likeness (QED) is 0.901. The number of rotatable bonds is 5. The van der Waals surface area contributed by atoms with Crippen LogP contribution in [0.2, 0.25) is 5.02 Å². The van der Waals surface area contributed by atoms with Crippen molar-refractivity contribution >= 4 is 11.6 Å². The van der Waals surface area contributed by atoms with Crippen molar-refractivity contribution in [1.29, 1.82) is 0 Å². The van der Waals surface area contributed by atoms with Gasteiger partial charge in [-0.25, -0.2) is 0 Å². The van der Waals surface area contributed by atoms with Crippen LogP contribution in [-0.4, -0.2) is 15.8 Å². The highest BCUT2D eigenvalue weighted by Crippen LogP contribution is 2.13. The molecule has 1 atom stereocenters. The fourth-order valence-corrected chi connectivity index (χ4v) is 2.23. The predicted molar refractivity (Wildman–Crippen MR) is 74.7 cm³/mol. The fraction of sp³-hybridized carbons (Fsp3) is 0.357. The van der Waals surface area contributed by atoms with E-state index < -0.39 is 0 Å². The molecule has 2 rings (SSSR count). The summed E-state index contributed by atoms with van der Waals surface area (Å²) in [6.07, 6.45) is 6.72. The molecule has 4 heteroatoms. The molecule has 0 spiro atoms. The number of benzene rings is 1. The summed E-state index contributed by atoms with van der Waals surface area (Å²) in [6.45, 7) is 0. The summed E-state index contributed by atoms with van der Waals surface area (Å²) in [5, 5.41) is 4.92. The lowest BCUT2D eigenvalue weighted by Gasteiger charge is -2.11. The van der Waals surface area contributed by atoms with Crippen molar-refractivity contribution in [1.82, 2.24) is 9.78 Å². The number of hydrogen-bond donors (Lipinski definition) is 1. The van der Waals surface area contributed by atoms with Gasteiger partial charge in [-0.3, -0.25) is 4.68 Å². The van der Waals surface area contributed by atoms with E-state index in [1.54, 1.807) is 0 Å². The molecule has 1 heterocycles. The van der Waals surface area contributed by atoms with Crippen molar-refractivity contribution in [3.63, 3.8) is 0 Å². The van der Waals surface area contributed by atoms with Crippen LogP contribution in [0.1, 0.15) is 17.5 Å². The molecule has 18 heavy (non-hydrogen) atoms. The molecular formula is C14H18ClN3. The summed E-state index contributed by atoms with van der Waals surface area (Å²) in [6, 6.07) is 8.04. The Morgan fingerprint density at radius 1 is 1.39 bits per heavy atom. The number of aryl methyl sites for hydroxylation is 2. The number of nitrogens with zero attached hydrogens (tertiary/aromatic N) is 2. The highest BCUT2D eigenvalue weighted by Gasteiger charge is 2.06. The Bertz CT molecular complexity index is 507. The molecule has 0 radical (unpaired) electrons. The maximum Gasteiger partial charge on any atom is 0.0521 e. The van der Waals surface area contributed by atoms with Crippen molar-refractivity contribution in [2.24, 2.45) is 12.8 Å². The van der Waals surface area contributed by atoms with E-state index >= 15 is 0 Å². The predicted octanol–water partition coefficient (Wildman–Crippen LogP) is 2.58. The number of halogens is 1. The molecule has 2 aromatic rings. The monoisotopic (exact) mass is 263 g/mol. The molecule has 0 fully saturated rings. The van der Waals surface area contributed by atoms with Crippen LogP contribution in [0.25, 0.3) is 0 Å². The lowest BCUT2D eigenvalue weighted by molar-refractivity contribution is 0.610. The maximum absolute atomic E-state index is 6.14. The minimum atomic E-state index is 0.156. The highest BCUT2D eigenvalue weighted by molar-refractivity contribution is 6.30. The van der Waals surface area contributed by atoms with Crippen LogP contribution in [0.3, 0.4) is 0 Å². The van der Waals surface area contributed by atoms with Gasteiger partial charge >= 0.3 is 0 Å². The number of aromatic nitrogens is 2. The fourth-order valence-electron chi connectivity index (χ4n) is 2.02. The Labute approximate surface area is 113 Å². The molecular weight excluding hydrogens is 246 g/mol. The van der Waals surface area contributed by atoms with Gasteiger partial charge in [-0.15, -0.1) is 0 Å².